The lowest BCUT2D eigenvalue weighted by Gasteiger charge is -2.04. The number of anilines is 1. The zero-order chi connectivity index (χ0) is 12.3. The van der Waals surface area contributed by atoms with Crippen LogP contribution in [0.25, 0.3) is 0 Å². The van der Waals surface area contributed by atoms with Crippen LogP contribution in [0.1, 0.15) is 22.8 Å². The highest BCUT2D eigenvalue weighted by Crippen LogP contribution is 2.23. The van der Waals surface area contributed by atoms with Crippen LogP contribution in [0.15, 0.2) is 18.2 Å². The van der Waals surface area contributed by atoms with E-state index in [0.717, 1.165) is 11.3 Å². The van der Waals surface area contributed by atoms with E-state index in [0.29, 0.717) is 18.5 Å². The summed E-state index contributed by atoms with van der Waals surface area (Å²) in [5.74, 6) is 5.24. The van der Waals surface area contributed by atoms with Crippen molar-refractivity contribution >= 4 is 17.5 Å². The van der Waals surface area contributed by atoms with Gasteiger partial charge in [0.2, 0.25) is 5.91 Å². The molecule has 0 radical (unpaired) electrons. The molecule has 1 aromatic carbocycles. The molecule has 2 N–H and O–H groups in total. The summed E-state index contributed by atoms with van der Waals surface area (Å²) in [5.41, 5.74) is 2.19. The Morgan fingerprint density at radius 2 is 2.35 bits per heavy atom. The molecule has 86 valence electrons. The van der Waals surface area contributed by atoms with Gasteiger partial charge in [-0.25, -0.2) is 0 Å². The van der Waals surface area contributed by atoms with Gasteiger partial charge in [0.1, 0.15) is 0 Å². The minimum absolute atomic E-state index is 0.0330. The van der Waals surface area contributed by atoms with Crippen LogP contribution < -0.4 is 10.6 Å². The van der Waals surface area contributed by atoms with E-state index in [2.05, 4.69) is 22.5 Å². The fourth-order valence-corrected chi connectivity index (χ4v) is 1.67. The maximum atomic E-state index is 11.7. The van der Waals surface area contributed by atoms with Crippen molar-refractivity contribution in [3.63, 3.8) is 0 Å². The normalized spacial score (nSPS) is 12.2. The first-order chi connectivity index (χ1) is 8.20. The molecule has 0 bridgehead atoms. The van der Waals surface area contributed by atoms with Gasteiger partial charge in [0, 0.05) is 11.3 Å². The summed E-state index contributed by atoms with van der Waals surface area (Å²) in [6.45, 7) is 2.05. The van der Waals surface area contributed by atoms with Crippen LogP contribution in [0.4, 0.5) is 5.69 Å². The number of carbonyl (C=O) groups excluding carboxylic acids is 2. The van der Waals surface area contributed by atoms with Crippen LogP contribution in [0.3, 0.4) is 0 Å². The van der Waals surface area contributed by atoms with Crippen LogP contribution in [0.5, 0.6) is 0 Å². The minimum atomic E-state index is -0.184. The standard InChI is InChI=1S/C13H12N2O2/c1-2-3-6-14-13(17)10-5-4-9-8-12(16)15-11(9)7-10/h4-5,7H,6,8H2,1H3,(H,14,17)(H,15,16). The highest BCUT2D eigenvalue weighted by Gasteiger charge is 2.18. The van der Waals surface area contributed by atoms with Crippen molar-refractivity contribution in [1.29, 1.82) is 0 Å². The van der Waals surface area contributed by atoms with Gasteiger partial charge in [-0.1, -0.05) is 12.0 Å². The lowest BCUT2D eigenvalue weighted by atomic mass is 10.1. The zero-order valence-corrected chi connectivity index (χ0v) is 9.46. The van der Waals surface area contributed by atoms with Gasteiger partial charge in [-0.05, 0) is 24.6 Å². The van der Waals surface area contributed by atoms with Crippen LogP contribution in [-0.4, -0.2) is 18.4 Å². The number of amides is 2. The number of fused-ring (bicyclic) bond motifs is 1. The molecule has 0 aliphatic carbocycles. The molecule has 1 aromatic rings. The van der Waals surface area contributed by atoms with Gasteiger partial charge in [-0.2, -0.15) is 0 Å². The second-order valence-corrected chi connectivity index (χ2v) is 3.71. The maximum absolute atomic E-state index is 11.7. The molecule has 1 aliphatic heterocycles. The molecule has 0 atom stereocenters. The van der Waals surface area contributed by atoms with E-state index in [1.165, 1.54) is 0 Å². The summed E-state index contributed by atoms with van der Waals surface area (Å²) in [6, 6.07) is 5.20. The molecule has 4 nitrogen and oxygen atoms in total. The zero-order valence-electron chi connectivity index (χ0n) is 9.46. The highest BCUT2D eigenvalue weighted by atomic mass is 16.2. The Kier molecular flexibility index (Phi) is 3.10. The second kappa shape index (κ2) is 4.71. The maximum Gasteiger partial charge on any atom is 0.252 e. The molecule has 17 heavy (non-hydrogen) atoms. The van der Waals surface area contributed by atoms with Gasteiger partial charge in [0.15, 0.2) is 0 Å². The molecule has 0 fully saturated rings. The van der Waals surface area contributed by atoms with E-state index in [4.69, 9.17) is 0 Å². The number of hydrogen-bond acceptors (Lipinski definition) is 2. The van der Waals surface area contributed by atoms with Crippen molar-refractivity contribution in [2.24, 2.45) is 0 Å². The lowest BCUT2D eigenvalue weighted by Crippen LogP contribution is -2.23. The quantitative estimate of drug-likeness (QED) is 0.740. The Morgan fingerprint density at radius 3 is 3.12 bits per heavy atom. The Bertz CT molecular complexity index is 538. The molecular weight excluding hydrogens is 216 g/mol. The molecular formula is C13H12N2O2. The summed E-state index contributed by atoms with van der Waals surface area (Å²) in [5, 5.41) is 5.39. The third-order valence-corrected chi connectivity index (χ3v) is 2.51. The van der Waals surface area contributed by atoms with E-state index < -0.39 is 0 Å². The molecule has 0 spiro atoms. The molecule has 2 amide bonds. The Morgan fingerprint density at radius 1 is 1.53 bits per heavy atom. The van der Waals surface area contributed by atoms with Gasteiger partial charge < -0.3 is 10.6 Å². The summed E-state index contributed by atoms with van der Waals surface area (Å²) in [6.07, 6.45) is 0.387. The predicted octanol–water partition coefficient (Wildman–Crippen LogP) is 0.934. The highest BCUT2D eigenvalue weighted by molar-refractivity contribution is 6.02. The van der Waals surface area contributed by atoms with E-state index >= 15 is 0 Å². The molecule has 1 aliphatic rings. The van der Waals surface area contributed by atoms with Crippen molar-refractivity contribution in [1.82, 2.24) is 5.32 Å². The van der Waals surface area contributed by atoms with E-state index in [-0.39, 0.29) is 11.8 Å². The Hall–Kier alpha value is -2.28. The first-order valence-corrected chi connectivity index (χ1v) is 5.31. The first-order valence-electron chi connectivity index (χ1n) is 5.31. The Labute approximate surface area is 99.4 Å². The van der Waals surface area contributed by atoms with E-state index in [1.54, 1.807) is 25.1 Å². The summed E-state index contributed by atoms with van der Waals surface area (Å²) in [7, 11) is 0. The average Bonchev–Trinajstić information content (AvgIpc) is 2.68. The molecule has 1 heterocycles. The van der Waals surface area contributed by atoms with E-state index in [1.807, 2.05) is 0 Å². The summed E-state index contributed by atoms with van der Waals surface area (Å²) >= 11 is 0. The van der Waals surface area contributed by atoms with Crippen molar-refractivity contribution in [2.45, 2.75) is 13.3 Å². The third-order valence-electron chi connectivity index (χ3n) is 2.51. The van der Waals surface area contributed by atoms with Crippen molar-refractivity contribution < 1.29 is 9.59 Å². The number of rotatable bonds is 2. The third kappa shape index (κ3) is 2.45. The molecule has 0 unspecified atom stereocenters. The van der Waals surface area contributed by atoms with Gasteiger partial charge in [-0.15, -0.1) is 5.92 Å². The fraction of sp³-hybridized carbons (Fsp3) is 0.231. The van der Waals surface area contributed by atoms with Gasteiger partial charge >= 0.3 is 0 Å². The van der Waals surface area contributed by atoms with Crippen LogP contribution >= 0.6 is 0 Å². The van der Waals surface area contributed by atoms with Crippen LogP contribution in [-0.2, 0) is 11.2 Å². The Balaban J connectivity index is 2.12. The SMILES string of the molecule is CC#CCNC(=O)c1ccc2c(c1)NC(=O)C2. The molecule has 4 heteroatoms. The number of carbonyl (C=O) groups is 2. The number of nitrogens with one attached hydrogen (secondary N) is 2. The molecule has 0 saturated heterocycles. The van der Waals surface area contributed by atoms with Gasteiger partial charge in [-0.3, -0.25) is 9.59 Å². The van der Waals surface area contributed by atoms with E-state index in [9.17, 15) is 9.59 Å². The predicted molar refractivity (Wildman–Crippen MR) is 64.6 cm³/mol. The average molecular weight is 228 g/mol. The molecule has 0 saturated carbocycles. The summed E-state index contributed by atoms with van der Waals surface area (Å²) < 4.78 is 0. The lowest BCUT2D eigenvalue weighted by molar-refractivity contribution is -0.115. The fourth-order valence-electron chi connectivity index (χ4n) is 1.67. The summed E-state index contributed by atoms with van der Waals surface area (Å²) in [4.78, 5) is 22.9. The van der Waals surface area contributed by atoms with Crippen LogP contribution in [0.2, 0.25) is 0 Å². The monoisotopic (exact) mass is 228 g/mol. The van der Waals surface area contributed by atoms with Gasteiger partial charge in [0.25, 0.3) is 5.91 Å². The minimum Gasteiger partial charge on any atom is -0.341 e. The first kappa shape index (κ1) is 11.2. The van der Waals surface area contributed by atoms with Crippen molar-refractivity contribution in [3.8, 4) is 11.8 Å². The second-order valence-electron chi connectivity index (χ2n) is 3.71. The molecule has 0 aromatic heterocycles. The molecule has 2 rings (SSSR count). The van der Waals surface area contributed by atoms with Crippen LogP contribution in [0, 0.1) is 11.8 Å². The van der Waals surface area contributed by atoms with Crippen molar-refractivity contribution in [3.05, 3.63) is 29.3 Å². The largest absolute Gasteiger partial charge is 0.341 e. The number of benzene rings is 1. The van der Waals surface area contributed by atoms with Crippen molar-refractivity contribution in [2.75, 3.05) is 11.9 Å². The smallest absolute Gasteiger partial charge is 0.252 e. The van der Waals surface area contributed by atoms with Gasteiger partial charge in [0.05, 0.1) is 13.0 Å². The topological polar surface area (TPSA) is 58.2 Å². The number of hydrogen-bond donors (Lipinski definition) is 2.